The summed E-state index contributed by atoms with van der Waals surface area (Å²) in [6.45, 7) is 17.9. The van der Waals surface area contributed by atoms with E-state index >= 15 is 0 Å². The first-order valence-corrected chi connectivity index (χ1v) is 11.8. The maximum absolute atomic E-state index is 13.1. The standard InChI is InChI=1S/C23H47N5O3/c1-10-11-18(23(31)28-27-17(8)9)25-22(30)20(13-15(4)5)26-21(29)19(12-14(2)3)24-16(6)7/h14-20,24,27H,10-13H2,1-9H3,(H,25,30)(H,26,29)(H,28,31). The molecule has 182 valence electrons. The van der Waals surface area contributed by atoms with Crippen molar-refractivity contribution in [3.63, 3.8) is 0 Å². The molecule has 0 radical (unpaired) electrons. The van der Waals surface area contributed by atoms with Gasteiger partial charge in [0.05, 0.1) is 6.04 Å². The predicted octanol–water partition coefficient (Wildman–Crippen LogP) is 2.24. The molecule has 0 aromatic rings. The summed E-state index contributed by atoms with van der Waals surface area (Å²) in [5.74, 6) is -0.240. The smallest absolute Gasteiger partial charge is 0.256 e. The third kappa shape index (κ3) is 13.4. The third-order valence-electron chi connectivity index (χ3n) is 4.59. The largest absolute Gasteiger partial charge is 0.343 e. The third-order valence-corrected chi connectivity index (χ3v) is 4.59. The van der Waals surface area contributed by atoms with Gasteiger partial charge in [0.2, 0.25) is 11.8 Å². The lowest BCUT2D eigenvalue weighted by Crippen LogP contribution is -2.58. The van der Waals surface area contributed by atoms with E-state index in [1.54, 1.807) is 0 Å². The molecule has 0 bridgehead atoms. The number of amides is 3. The summed E-state index contributed by atoms with van der Waals surface area (Å²) in [6.07, 6.45) is 2.45. The lowest BCUT2D eigenvalue weighted by atomic mass is 9.99. The van der Waals surface area contributed by atoms with Crippen molar-refractivity contribution in [3.8, 4) is 0 Å². The zero-order chi connectivity index (χ0) is 24.1. The molecule has 3 atom stereocenters. The Morgan fingerprint density at radius 1 is 0.645 bits per heavy atom. The fraction of sp³-hybridized carbons (Fsp3) is 0.870. The molecule has 3 amide bonds. The number of hydrazine groups is 1. The molecule has 8 nitrogen and oxygen atoms in total. The van der Waals surface area contributed by atoms with Crippen LogP contribution in [0.2, 0.25) is 0 Å². The molecule has 3 unspecified atom stereocenters. The average Bonchev–Trinajstić information content (AvgIpc) is 2.63. The summed E-state index contributed by atoms with van der Waals surface area (Å²) < 4.78 is 0. The summed E-state index contributed by atoms with van der Waals surface area (Å²) in [6, 6.07) is -1.48. The van der Waals surface area contributed by atoms with Crippen LogP contribution in [-0.2, 0) is 14.4 Å². The first kappa shape index (κ1) is 29.3. The Balaban J connectivity index is 5.33. The highest BCUT2D eigenvalue weighted by Gasteiger charge is 2.29. The van der Waals surface area contributed by atoms with Crippen LogP contribution in [0.3, 0.4) is 0 Å². The summed E-state index contributed by atoms with van der Waals surface area (Å²) >= 11 is 0. The van der Waals surface area contributed by atoms with Crippen molar-refractivity contribution < 1.29 is 14.4 Å². The van der Waals surface area contributed by atoms with Gasteiger partial charge in [-0.1, -0.05) is 54.9 Å². The maximum Gasteiger partial charge on any atom is 0.256 e. The van der Waals surface area contributed by atoms with E-state index in [0.29, 0.717) is 25.2 Å². The van der Waals surface area contributed by atoms with Gasteiger partial charge in [-0.3, -0.25) is 19.8 Å². The van der Waals surface area contributed by atoms with Crippen LogP contribution in [0.5, 0.6) is 0 Å². The Morgan fingerprint density at radius 3 is 1.58 bits per heavy atom. The molecule has 0 aliphatic carbocycles. The van der Waals surface area contributed by atoms with Crippen molar-refractivity contribution in [1.29, 1.82) is 0 Å². The van der Waals surface area contributed by atoms with Crippen molar-refractivity contribution in [2.75, 3.05) is 0 Å². The predicted molar refractivity (Wildman–Crippen MR) is 126 cm³/mol. The molecule has 0 saturated heterocycles. The van der Waals surface area contributed by atoms with E-state index in [1.165, 1.54) is 0 Å². The van der Waals surface area contributed by atoms with Gasteiger partial charge in [-0.15, -0.1) is 0 Å². The Labute approximate surface area is 189 Å². The van der Waals surface area contributed by atoms with Gasteiger partial charge in [0, 0.05) is 12.1 Å². The summed E-state index contributed by atoms with van der Waals surface area (Å²) in [5.41, 5.74) is 5.53. The first-order chi connectivity index (χ1) is 14.4. The van der Waals surface area contributed by atoms with Crippen LogP contribution in [0, 0.1) is 11.8 Å². The molecule has 0 spiro atoms. The van der Waals surface area contributed by atoms with Gasteiger partial charge < -0.3 is 16.0 Å². The molecule has 0 aliphatic rings. The minimum Gasteiger partial charge on any atom is -0.343 e. The van der Waals surface area contributed by atoms with E-state index in [-0.39, 0.29) is 41.8 Å². The molecule has 0 aliphatic heterocycles. The highest BCUT2D eigenvalue weighted by molar-refractivity contribution is 5.93. The summed E-state index contributed by atoms with van der Waals surface area (Å²) in [4.78, 5) is 38.6. The number of nitrogens with one attached hydrogen (secondary N) is 5. The van der Waals surface area contributed by atoms with Crippen molar-refractivity contribution in [3.05, 3.63) is 0 Å². The van der Waals surface area contributed by atoms with Crippen molar-refractivity contribution in [2.45, 2.75) is 118 Å². The molecule has 8 heteroatoms. The van der Waals surface area contributed by atoms with E-state index in [1.807, 2.05) is 48.5 Å². The molecule has 0 aromatic carbocycles. The Hall–Kier alpha value is -1.67. The zero-order valence-corrected chi connectivity index (χ0v) is 21.1. The summed E-state index contributed by atoms with van der Waals surface area (Å²) in [5, 5.41) is 9.08. The SMILES string of the molecule is CCCC(NC(=O)C(CC(C)C)NC(=O)C(CC(C)C)NC(C)C)C(=O)NNC(C)C. The van der Waals surface area contributed by atoms with Crippen LogP contribution in [0.15, 0.2) is 0 Å². The fourth-order valence-electron chi connectivity index (χ4n) is 3.23. The number of carbonyl (C=O) groups is 3. The van der Waals surface area contributed by atoms with Crippen LogP contribution < -0.4 is 26.8 Å². The van der Waals surface area contributed by atoms with Gasteiger partial charge in [-0.2, -0.15) is 0 Å². The molecular formula is C23H47N5O3. The first-order valence-electron chi connectivity index (χ1n) is 11.8. The molecule has 0 fully saturated rings. The Morgan fingerprint density at radius 2 is 1.13 bits per heavy atom. The van der Waals surface area contributed by atoms with Gasteiger partial charge in [0.15, 0.2) is 0 Å². The average molecular weight is 442 g/mol. The van der Waals surface area contributed by atoms with Crippen molar-refractivity contribution >= 4 is 17.7 Å². The number of carbonyl (C=O) groups excluding carboxylic acids is 3. The van der Waals surface area contributed by atoms with Gasteiger partial charge in [0.1, 0.15) is 12.1 Å². The topological polar surface area (TPSA) is 111 Å². The van der Waals surface area contributed by atoms with Crippen molar-refractivity contribution in [1.82, 2.24) is 26.8 Å². The van der Waals surface area contributed by atoms with Crippen molar-refractivity contribution in [2.24, 2.45) is 11.8 Å². The number of hydrogen-bond acceptors (Lipinski definition) is 5. The Bertz CT molecular complexity index is 539. The fourth-order valence-corrected chi connectivity index (χ4v) is 3.23. The maximum atomic E-state index is 13.1. The lowest BCUT2D eigenvalue weighted by molar-refractivity contribution is -0.133. The van der Waals surface area contributed by atoms with E-state index < -0.39 is 12.1 Å². The van der Waals surface area contributed by atoms with E-state index in [9.17, 15) is 14.4 Å². The minimum atomic E-state index is -0.693. The molecule has 0 saturated carbocycles. The molecule has 0 heterocycles. The van der Waals surface area contributed by atoms with Crippen LogP contribution in [0.1, 0.15) is 88.0 Å². The second kappa shape index (κ2) is 15.2. The molecule has 0 aromatic heterocycles. The van der Waals surface area contributed by atoms with E-state index in [2.05, 4.69) is 40.6 Å². The van der Waals surface area contributed by atoms with E-state index in [4.69, 9.17) is 0 Å². The summed E-state index contributed by atoms with van der Waals surface area (Å²) in [7, 11) is 0. The zero-order valence-electron chi connectivity index (χ0n) is 21.1. The van der Waals surface area contributed by atoms with Gasteiger partial charge in [0.25, 0.3) is 5.91 Å². The van der Waals surface area contributed by atoms with Crippen LogP contribution in [0.4, 0.5) is 0 Å². The van der Waals surface area contributed by atoms with Crippen LogP contribution in [-0.4, -0.2) is 47.9 Å². The highest BCUT2D eigenvalue weighted by atomic mass is 16.2. The highest BCUT2D eigenvalue weighted by Crippen LogP contribution is 2.10. The normalized spacial score (nSPS) is 14.6. The minimum absolute atomic E-state index is 0.0845. The van der Waals surface area contributed by atoms with Gasteiger partial charge in [-0.05, 0) is 44.9 Å². The molecule has 31 heavy (non-hydrogen) atoms. The lowest BCUT2D eigenvalue weighted by Gasteiger charge is -2.27. The molecule has 0 rings (SSSR count). The molecular weight excluding hydrogens is 394 g/mol. The second-order valence-corrected chi connectivity index (χ2v) is 9.83. The van der Waals surface area contributed by atoms with Crippen LogP contribution in [0.25, 0.3) is 0 Å². The Kier molecular flexibility index (Phi) is 14.4. The molecule has 5 N–H and O–H groups in total. The van der Waals surface area contributed by atoms with Gasteiger partial charge >= 0.3 is 0 Å². The van der Waals surface area contributed by atoms with E-state index in [0.717, 1.165) is 6.42 Å². The van der Waals surface area contributed by atoms with Gasteiger partial charge in [-0.25, -0.2) is 5.43 Å². The van der Waals surface area contributed by atoms with Crippen LogP contribution >= 0.6 is 0 Å². The number of rotatable bonds is 15. The quantitative estimate of drug-likeness (QED) is 0.250. The second-order valence-electron chi connectivity index (χ2n) is 9.83. The number of hydrogen-bond donors (Lipinski definition) is 5. The monoisotopic (exact) mass is 441 g/mol.